The highest BCUT2D eigenvalue weighted by molar-refractivity contribution is 9.10. The molecular weight excluding hydrogens is 340 g/mol. The Balaban J connectivity index is 2.12. The summed E-state index contributed by atoms with van der Waals surface area (Å²) < 4.78 is 2.85. The molecule has 3 rings (SSSR count). The average Bonchev–Trinajstić information content (AvgIpc) is 2.88. The van der Waals surface area contributed by atoms with Crippen molar-refractivity contribution in [1.82, 2.24) is 14.5 Å². The fourth-order valence-corrected chi connectivity index (χ4v) is 2.70. The highest BCUT2D eigenvalue weighted by Gasteiger charge is 2.10. The standard InChI is InChI=1S/C14H10BrClN4/c15-10-2-3-12(11(16)5-10)20-8-18-7-13(20)9-1-4-14(17)19-6-9/h1-8H,(H2,17,19). The summed E-state index contributed by atoms with van der Waals surface area (Å²) in [5.74, 6) is 0.487. The van der Waals surface area contributed by atoms with Crippen LogP contribution in [-0.2, 0) is 0 Å². The zero-order valence-electron chi connectivity index (χ0n) is 10.3. The Hall–Kier alpha value is -1.85. The summed E-state index contributed by atoms with van der Waals surface area (Å²) in [4.78, 5) is 8.30. The minimum Gasteiger partial charge on any atom is -0.384 e. The van der Waals surface area contributed by atoms with Gasteiger partial charge in [0.05, 0.1) is 28.9 Å². The van der Waals surface area contributed by atoms with Gasteiger partial charge in [-0.15, -0.1) is 0 Å². The molecule has 0 atom stereocenters. The fraction of sp³-hybridized carbons (Fsp3) is 0. The van der Waals surface area contributed by atoms with Crippen LogP contribution in [0.1, 0.15) is 0 Å². The molecule has 0 aliphatic carbocycles. The van der Waals surface area contributed by atoms with Gasteiger partial charge in [-0.25, -0.2) is 9.97 Å². The minimum absolute atomic E-state index is 0.487. The number of nitrogen functional groups attached to an aromatic ring is 1. The number of anilines is 1. The number of imidazole rings is 1. The summed E-state index contributed by atoms with van der Waals surface area (Å²) in [7, 11) is 0. The lowest BCUT2D eigenvalue weighted by molar-refractivity contribution is 1.06. The number of benzene rings is 1. The van der Waals surface area contributed by atoms with Gasteiger partial charge in [0.2, 0.25) is 0 Å². The highest BCUT2D eigenvalue weighted by atomic mass is 79.9. The van der Waals surface area contributed by atoms with Crippen molar-refractivity contribution < 1.29 is 0 Å². The smallest absolute Gasteiger partial charge is 0.123 e. The molecule has 3 aromatic rings. The Morgan fingerprint density at radius 2 is 2.00 bits per heavy atom. The first-order valence-corrected chi connectivity index (χ1v) is 7.02. The first-order chi connectivity index (χ1) is 9.65. The van der Waals surface area contributed by atoms with Crippen LogP contribution in [0.2, 0.25) is 5.02 Å². The van der Waals surface area contributed by atoms with Crippen LogP contribution in [-0.4, -0.2) is 14.5 Å². The Labute approximate surface area is 129 Å². The zero-order chi connectivity index (χ0) is 14.1. The lowest BCUT2D eigenvalue weighted by atomic mass is 10.2. The maximum atomic E-state index is 6.29. The number of hydrogen-bond acceptors (Lipinski definition) is 3. The van der Waals surface area contributed by atoms with Gasteiger partial charge in [0.1, 0.15) is 5.82 Å². The van der Waals surface area contributed by atoms with Gasteiger partial charge in [-0.3, -0.25) is 4.57 Å². The van der Waals surface area contributed by atoms with Gasteiger partial charge in [-0.2, -0.15) is 0 Å². The molecule has 0 unspecified atom stereocenters. The largest absolute Gasteiger partial charge is 0.384 e. The molecule has 0 aliphatic heterocycles. The van der Waals surface area contributed by atoms with Crippen LogP contribution in [0, 0.1) is 0 Å². The molecule has 0 saturated carbocycles. The second-order valence-corrected chi connectivity index (χ2v) is 5.54. The maximum Gasteiger partial charge on any atom is 0.123 e. The van der Waals surface area contributed by atoms with E-state index in [-0.39, 0.29) is 0 Å². The molecule has 100 valence electrons. The van der Waals surface area contributed by atoms with Crippen molar-refractivity contribution in [2.45, 2.75) is 0 Å². The highest BCUT2D eigenvalue weighted by Crippen LogP contribution is 2.29. The SMILES string of the molecule is Nc1ccc(-c2cncn2-c2ccc(Br)cc2Cl)cn1. The van der Waals surface area contributed by atoms with Crippen LogP contribution in [0.25, 0.3) is 16.9 Å². The van der Waals surface area contributed by atoms with Gasteiger partial charge in [-0.05, 0) is 30.3 Å². The van der Waals surface area contributed by atoms with Crippen molar-refractivity contribution in [2.24, 2.45) is 0 Å². The molecule has 2 heterocycles. The molecule has 0 aliphatic rings. The number of hydrogen-bond donors (Lipinski definition) is 1. The maximum absolute atomic E-state index is 6.29. The summed E-state index contributed by atoms with van der Waals surface area (Å²) in [5, 5.41) is 0.641. The third-order valence-electron chi connectivity index (χ3n) is 2.89. The molecule has 0 spiro atoms. The third-order valence-corrected chi connectivity index (χ3v) is 3.69. The second kappa shape index (κ2) is 5.26. The molecule has 2 aromatic heterocycles. The number of halogens is 2. The number of rotatable bonds is 2. The Kier molecular flexibility index (Phi) is 3.46. The van der Waals surface area contributed by atoms with Gasteiger partial charge in [0.15, 0.2) is 0 Å². The predicted octanol–water partition coefficient (Wildman–Crippen LogP) is 3.93. The van der Waals surface area contributed by atoms with Crippen molar-refractivity contribution in [1.29, 1.82) is 0 Å². The van der Waals surface area contributed by atoms with Crippen LogP contribution in [0.5, 0.6) is 0 Å². The molecule has 0 bridgehead atoms. The summed E-state index contributed by atoms with van der Waals surface area (Å²) in [6, 6.07) is 9.38. The van der Waals surface area contributed by atoms with Crippen molar-refractivity contribution in [2.75, 3.05) is 5.73 Å². The average molecular weight is 350 g/mol. The molecule has 1 aromatic carbocycles. The molecular formula is C14H10BrClN4. The summed E-state index contributed by atoms with van der Waals surface area (Å²) >= 11 is 9.69. The summed E-state index contributed by atoms with van der Waals surface area (Å²) in [6.07, 6.45) is 5.21. The van der Waals surface area contributed by atoms with Crippen LogP contribution in [0.15, 0.2) is 53.5 Å². The quantitative estimate of drug-likeness (QED) is 0.762. The summed E-state index contributed by atoms with van der Waals surface area (Å²) in [6.45, 7) is 0. The van der Waals surface area contributed by atoms with E-state index < -0.39 is 0 Å². The van der Waals surface area contributed by atoms with Crippen molar-refractivity contribution in [3.63, 3.8) is 0 Å². The number of pyridine rings is 1. The normalized spacial score (nSPS) is 10.7. The van der Waals surface area contributed by atoms with Crippen LogP contribution in [0.3, 0.4) is 0 Å². The summed E-state index contributed by atoms with van der Waals surface area (Å²) in [5.41, 5.74) is 8.30. The molecule has 2 N–H and O–H groups in total. The molecule has 20 heavy (non-hydrogen) atoms. The van der Waals surface area contributed by atoms with E-state index in [1.54, 1.807) is 24.8 Å². The molecule has 6 heteroatoms. The molecule has 4 nitrogen and oxygen atoms in total. The Bertz CT molecular complexity index is 752. The number of nitrogens with zero attached hydrogens (tertiary/aromatic N) is 3. The lowest BCUT2D eigenvalue weighted by Gasteiger charge is -2.10. The van der Waals surface area contributed by atoms with E-state index in [2.05, 4.69) is 25.9 Å². The van der Waals surface area contributed by atoms with Crippen LogP contribution < -0.4 is 5.73 Å². The van der Waals surface area contributed by atoms with Crippen molar-refractivity contribution in [3.8, 4) is 16.9 Å². The van der Waals surface area contributed by atoms with Crippen LogP contribution in [0.4, 0.5) is 5.82 Å². The van der Waals surface area contributed by atoms with E-state index in [0.29, 0.717) is 10.8 Å². The van der Waals surface area contributed by atoms with Crippen molar-refractivity contribution >= 4 is 33.3 Å². The van der Waals surface area contributed by atoms with E-state index in [0.717, 1.165) is 21.4 Å². The number of aromatic nitrogens is 3. The van der Waals surface area contributed by atoms with E-state index in [1.165, 1.54) is 0 Å². The van der Waals surface area contributed by atoms with E-state index in [4.69, 9.17) is 17.3 Å². The molecule has 0 radical (unpaired) electrons. The van der Waals surface area contributed by atoms with Gasteiger partial charge in [0, 0.05) is 16.2 Å². The predicted molar refractivity (Wildman–Crippen MR) is 83.9 cm³/mol. The Morgan fingerprint density at radius 3 is 2.70 bits per heavy atom. The third kappa shape index (κ3) is 2.42. The number of nitrogens with two attached hydrogens (primary N) is 1. The first-order valence-electron chi connectivity index (χ1n) is 5.85. The van der Waals surface area contributed by atoms with Gasteiger partial charge in [-0.1, -0.05) is 27.5 Å². The van der Waals surface area contributed by atoms with E-state index >= 15 is 0 Å². The molecule has 0 saturated heterocycles. The zero-order valence-corrected chi connectivity index (χ0v) is 12.6. The monoisotopic (exact) mass is 348 g/mol. The van der Waals surface area contributed by atoms with Crippen molar-refractivity contribution in [3.05, 3.63) is 58.5 Å². The molecule has 0 fully saturated rings. The fourth-order valence-electron chi connectivity index (χ4n) is 1.93. The van der Waals surface area contributed by atoms with Crippen LogP contribution >= 0.6 is 27.5 Å². The minimum atomic E-state index is 0.487. The van der Waals surface area contributed by atoms with Gasteiger partial charge >= 0.3 is 0 Å². The second-order valence-electron chi connectivity index (χ2n) is 4.22. The van der Waals surface area contributed by atoms with E-state index in [9.17, 15) is 0 Å². The Morgan fingerprint density at radius 1 is 1.15 bits per heavy atom. The van der Waals surface area contributed by atoms with Gasteiger partial charge in [0.25, 0.3) is 0 Å². The van der Waals surface area contributed by atoms with Gasteiger partial charge < -0.3 is 5.73 Å². The van der Waals surface area contributed by atoms with E-state index in [1.807, 2.05) is 28.8 Å². The topological polar surface area (TPSA) is 56.7 Å². The first kappa shape index (κ1) is 13.1. The lowest BCUT2D eigenvalue weighted by Crippen LogP contribution is -1.97. The molecule has 0 amide bonds.